The van der Waals surface area contributed by atoms with Crippen molar-refractivity contribution in [3.8, 4) is 0 Å². The van der Waals surface area contributed by atoms with Crippen LogP contribution in [0.15, 0.2) is 85.0 Å². The molecule has 2 fully saturated rings. The van der Waals surface area contributed by atoms with E-state index in [9.17, 15) is 24.9 Å². The van der Waals surface area contributed by atoms with Crippen molar-refractivity contribution in [2.75, 3.05) is 0 Å². The number of esters is 2. The summed E-state index contributed by atoms with van der Waals surface area (Å²) in [5.41, 5.74) is 2.69. The van der Waals surface area contributed by atoms with Crippen molar-refractivity contribution in [3.05, 3.63) is 96.1 Å². The molecule has 0 aliphatic heterocycles. The van der Waals surface area contributed by atoms with Crippen LogP contribution in [0.2, 0.25) is 0 Å². The molecule has 62 heavy (non-hydrogen) atoms. The zero-order valence-corrected chi connectivity index (χ0v) is 39.7. The highest BCUT2D eigenvalue weighted by Crippen LogP contribution is 2.46. The van der Waals surface area contributed by atoms with E-state index in [-0.39, 0.29) is 36.0 Å². The van der Waals surface area contributed by atoms with Crippen LogP contribution in [0, 0.1) is 41.4 Å². The summed E-state index contributed by atoms with van der Waals surface area (Å²) in [4.78, 5) is 23.2. The van der Waals surface area contributed by atoms with Gasteiger partial charge in [0, 0.05) is 12.8 Å². The summed E-state index contributed by atoms with van der Waals surface area (Å²) in [6.45, 7) is 14.9. The van der Waals surface area contributed by atoms with Crippen molar-refractivity contribution < 1.29 is 34.4 Å². The zero-order chi connectivity index (χ0) is 45.3. The van der Waals surface area contributed by atoms with Gasteiger partial charge in [-0.05, 0) is 177 Å². The number of aryl methyl sites for hydroxylation is 2. The molecule has 7 nitrogen and oxygen atoms in total. The lowest BCUT2D eigenvalue weighted by atomic mass is 9.80. The number of unbranched alkanes of at least 4 members (excludes halogenated alkanes) is 2. The van der Waals surface area contributed by atoms with Crippen LogP contribution in [0.1, 0.15) is 162 Å². The molecule has 2 aliphatic carbocycles. The van der Waals surface area contributed by atoms with Gasteiger partial charge in [0.15, 0.2) is 0 Å². The van der Waals surface area contributed by atoms with Gasteiger partial charge in [-0.25, -0.2) is 0 Å². The van der Waals surface area contributed by atoms with Crippen molar-refractivity contribution in [2.24, 2.45) is 41.4 Å². The Labute approximate surface area is 377 Å². The van der Waals surface area contributed by atoms with Crippen LogP contribution < -0.4 is 0 Å². The number of allylic oxidation sites excluding steroid dienone is 4. The fourth-order valence-electron chi connectivity index (χ4n) is 9.89. The summed E-state index contributed by atoms with van der Waals surface area (Å²) >= 11 is 0. The van der Waals surface area contributed by atoms with Crippen LogP contribution in [0.4, 0.5) is 0 Å². The van der Waals surface area contributed by atoms with Crippen molar-refractivity contribution >= 4 is 11.9 Å². The SMILES string of the molecule is CC(C)OC(=O)CCC/C=C\C[C@@H]1[C@@H](CC[C@@H](C)CCc2ccccc2)[C@H](C)C[C@@H]1C.CC(C)OC(=O)CCC/C=C\C[C@@H]1[C@@H](CC[C@@H](O)CCc2ccccc2)[C@H](O)C[C@@H]1O. The standard InChI is InChI=1S/C29H46O2.C26H40O5/c1-22(2)31-29(30)16-12-7-6-11-15-27-24(4)21-25(5)28(27)20-18-23(3)17-19-26-13-9-8-10-14-26;1-19(2)31-26(30)13-9-4-3-8-12-22-23(25(29)18-24(22)28)17-16-21(27)15-14-20-10-6-5-7-11-20/h6,8-11,13-14,22-25,27-28H,7,12,15-21H2,1-5H3;3,5-8,10-11,19,21-25,27-29H,4,9,12-18H2,1-2H3/b11-6-;8-3-/t23-,24-,25+,27-,28-;21-,22+,23+,24-,25+/m00/s1. The van der Waals surface area contributed by atoms with Crippen LogP contribution in [0.3, 0.4) is 0 Å². The first kappa shape index (κ1) is 53.1. The molecule has 2 aromatic rings. The number of aliphatic hydroxyl groups is 3. The largest absolute Gasteiger partial charge is 0.463 e. The third-order valence-corrected chi connectivity index (χ3v) is 13.4. The van der Waals surface area contributed by atoms with E-state index in [4.69, 9.17) is 9.47 Å². The molecule has 0 bridgehead atoms. The number of aliphatic hydroxyl groups excluding tert-OH is 3. The Balaban J connectivity index is 0.000000330. The van der Waals surface area contributed by atoms with Crippen LogP contribution in [0.5, 0.6) is 0 Å². The van der Waals surface area contributed by atoms with E-state index < -0.39 is 18.3 Å². The first-order valence-corrected chi connectivity index (χ1v) is 24.5. The molecule has 2 aliphatic rings. The van der Waals surface area contributed by atoms with Gasteiger partial charge in [0.25, 0.3) is 0 Å². The molecule has 7 heteroatoms. The van der Waals surface area contributed by atoms with E-state index >= 15 is 0 Å². The van der Waals surface area contributed by atoms with Crippen LogP contribution in [0.25, 0.3) is 0 Å². The molecule has 4 rings (SSSR count). The minimum atomic E-state index is -0.513. The molecule has 3 N–H and O–H groups in total. The summed E-state index contributed by atoms with van der Waals surface area (Å²) in [5.74, 6) is 3.94. The lowest BCUT2D eigenvalue weighted by Crippen LogP contribution is -2.23. The minimum Gasteiger partial charge on any atom is -0.463 e. The Bertz CT molecular complexity index is 1420. The third-order valence-electron chi connectivity index (χ3n) is 13.4. The first-order chi connectivity index (χ1) is 29.7. The van der Waals surface area contributed by atoms with Gasteiger partial charge in [0.05, 0.1) is 30.5 Å². The second kappa shape index (κ2) is 30.0. The van der Waals surface area contributed by atoms with E-state index in [2.05, 4.69) is 81.5 Å². The second-order valence-electron chi connectivity index (χ2n) is 19.5. The maximum atomic E-state index is 11.6. The molecule has 0 saturated heterocycles. The average Bonchev–Trinajstić information content (AvgIpc) is 3.66. The quantitative estimate of drug-likeness (QED) is 0.0490. The molecule has 2 aromatic carbocycles. The monoisotopic (exact) mass is 859 g/mol. The molecule has 2 saturated carbocycles. The maximum Gasteiger partial charge on any atom is 0.306 e. The van der Waals surface area contributed by atoms with Crippen molar-refractivity contribution in [2.45, 2.75) is 195 Å². The molecule has 10 atom stereocenters. The molecular formula is C55H86O7. The van der Waals surface area contributed by atoms with Crippen molar-refractivity contribution in [1.29, 1.82) is 0 Å². The topological polar surface area (TPSA) is 113 Å². The first-order valence-electron chi connectivity index (χ1n) is 24.5. The molecule has 0 unspecified atom stereocenters. The molecular weight excluding hydrogens is 773 g/mol. The predicted octanol–water partition coefficient (Wildman–Crippen LogP) is 12.2. The van der Waals surface area contributed by atoms with Gasteiger partial charge in [-0.3, -0.25) is 9.59 Å². The van der Waals surface area contributed by atoms with Gasteiger partial charge in [0.1, 0.15) is 0 Å². The zero-order valence-electron chi connectivity index (χ0n) is 39.7. The van der Waals surface area contributed by atoms with E-state index in [0.29, 0.717) is 44.9 Å². The van der Waals surface area contributed by atoms with Crippen LogP contribution >= 0.6 is 0 Å². The Kier molecular flexibility index (Phi) is 25.7. The number of hydrogen-bond donors (Lipinski definition) is 3. The number of ether oxygens (including phenoxy) is 2. The lowest BCUT2D eigenvalue weighted by molar-refractivity contribution is -0.148. The van der Waals surface area contributed by atoms with E-state index in [1.165, 1.54) is 49.7 Å². The van der Waals surface area contributed by atoms with Gasteiger partial charge >= 0.3 is 11.9 Å². The average molecular weight is 859 g/mol. The van der Waals surface area contributed by atoms with Gasteiger partial charge in [-0.1, -0.05) is 112 Å². The predicted molar refractivity (Wildman–Crippen MR) is 254 cm³/mol. The lowest BCUT2D eigenvalue weighted by Gasteiger charge is -2.25. The van der Waals surface area contributed by atoms with Gasteiger partial charge in [0.2, 0.25) is 0 Å². The number of carbonyl (C=O) groups is 2. The van der Waals surface area contributed by atoms with E-state index in [1.807, 2.05) is 52.0 Å². The van der Waals surface area contributed by atoms with Gasteiger partial charge < -0.3 is 24.8 Å². The molecule has 0 heterocycles. The van der Waals surface area contributed by atoms with E-state index in [0.717, 1.165) is 61.7 Å². The normalized spacial score (nSPS) is 24.7. The third kappa shape index (κ3) is 21.4. The Morgan fingerprint density at radius 2 is 1.06 bits per heavy atom. The van der Waals surface area contributed by atoms with E-state index in [1.54, 1.807) is 0 Å². The van der Waals surface area contributed by atoms with Crippen LogP contribution in [-0.4, -0.2) is 57.8 Å². The Morgan fingerprint density at radius 1 is 0.597 bits per heavy atom. The summed E-state index contributed by atoms with van der Waals surface area (Å²) in [5, 5.41) is 31.2. The van der Waals surface area contributed by atoms with Gasteiger partial charge in [-0.15, -0.1) is 0 Å². The minimum absolute atomic E-state index is 0.00652. The van der Waals surface area contributed by atoms with Crippen molar-refractivity contribution in [1.82, 2.24) is 0 Å². The summed E-state index contributed by atoms with van der Waals surface area (Å²) in [6, 6.07) is 21.0. The van der Waals surface area contributed by atoms with Gasteiger partial charge in [-0.2, -0.15) is 0 Å². The molecule has 348 valence electrons. The second-order valence-corrected chi connectivity index (χ2v) is 19.5. The number of hydrogen-bond acceptors (Lipinski definition) is 7. The molecule has 0 radical (unpaired) electrons. The highest BCUT2D eigenvalue weighted by Gasteiger charge is 2.41. The maximum absolute atomic E-state index is 11.6. The fraction of sp³-hybridized carbons (Fsp3) is 0.673. The highest BCUT2D eigenvalue weighted by atomic mass is 16.5. The fourth-order valence-corrected chi connectivity index (χ4v) is 9.89. The number of rotatable bonds is 26. The number of carbonyl (C=O) groups excluding carboxylic acids is 2. The Morgan fingerprint density at radius 3 is 1.60 bits per heavy atom. The molecule has 0 amide bonds. The summed E-state index contributed by atoms with van der Waals surface area (Å²) in [6.07, 6.45) is 23.5. The highest BCUT2D eigenvalue weighted by molar-refractivity contribution is 5.69. The molecule has 0 spiro atoms. The Hall–Kier alpha value is -3.26. The molecule has 0 aromatic heterocycles. The number of benzene rings is 2. The summed E-state index contributed by atoms with van der Waals surface area (Å²) < 4.78 is 10.3. The van der Waals surface area contributed by atoms with Crippen LogP contribution in [-0.2, 0) is 31.9 Å². The summed E-state index contributed by atoms with van der Waals surface area (Å²) in [7, 11) is 0. The van der Waals surface area contributed by atoms with Crippen molar-refractivity contribution in [3.63, 3.8) is 0 Å². The smallest absolute Gasteiger partial charge is 0.306 e.